The number of aromatic carboxylic acids is 1. The van der Waals surface area contributed by atoms with Crippen LogP contribution < -0.4 is 5.32 Å². The number of nitrogens with one attached hydrogen (secondary N) is 1. The molecule has 1 aliphatic rings. The van der Waals surface area contributed by atoms with E-state index in [2.05, 4.69) is 29.1 Å². The number of fused-ring (bicyclic) bond motifs is 1. The summed E-state index contributed by atoms with van der Waals surface area (Å²) in [6, 6.07) is 0. The molecule has 0 aliphatic heterocycles. The number of amides is 1. The Morgan fingerprint density at radius 1 is 1.30 bits per heavy atom. The normalized spacial score (nSPS) is 15.7. The molecular formula is C16H17N3O3S. The van der Waals surface area contributed by atoms with Crippen molar-refractivity contribution in [1.29, 1.82) is 0 Å². The van der Waals surface area contributed by atoms with Crippen molar-refractivity contribution in [2.45, 2.75) is 33.1 Å². The quantitative estimate of drug-likeness (QED) is 0.902. The summed E-state index contributed by atoms with van der Waals surface area (Å²) in [7, 11) is 0. The van der Waals surface area contributed by atoms with Gasteiger partial charge in [0.15, 0.2) is 0 Å². The van der Waals surface area contributed by atoms with E-state index in [1.807, 2.05) is 0 Å². The number of carboxylic acid groups (broad SMARTS) is 1. The minimum Gasteiger partial charge on any atom is -0.478 e. The predicted octanol–water partition coefficient (Wildman–Crippen LogP) is 3.00. The third-order valence-corrected chi connectivity index (χ3v) is 5.25. The number of hydrogen-bond acceptors (Lipinski definition) is 5. The zero-order chi connectivity index (χ0) is 16.6. The van der Waals surface area contributed by atoms with Crippen LogP contribution in [0, 0.1) is 5.41 Å². The van der Waals surface area contributed by atoms with Gasteiger partial charge >= 0.3 is 5.97 Å². The number of anilines is 1. The molecule has 0 saturated heterocycles. The maximum atomic E-state index is 12.3. The first-order valence-electron chi connectivity index (χ1n) is 7.31. The Balaban J connectivity index is 1.96. The lowest BCUT2D eigenvalue weighted by Gasteiger charge is -2.29. The molecule has 6 nitrogen and oxygen atoms in total. The highest BCUT2D eigenvalue weighted by Crippen LogP contribution is 2.43. The molecule has 2 aromatic rings. The first-order valence-corrected chi connectivity index (χ1v) is 8.13. The molecule has 1 amide bonds. The molecule has 3 rings (SSSR count). The van der Waals surface area contributed by atoms with Gasteiger partial charge in [-0.1, -0.05) is 13.8 Å². The number of hydrogen-bond donors (Lipinski definition) is 2. The standard InChI is InChI=1S/C16H17N3O3S/c1-16(2)4-3-11-10(5-16)12(15(21)22)14(23-11)19-13(20)9-6-17-8-18-7-9/h6-8H,3-5H2,1-2H3,(H,19,20)(H,21,22). The summed E-state index contributed by atoms with van der Waals surface area (Å²) in [6.45, 7) is 4.28. The van der Waals surface area contributed by atoms with Crippen LogP contribution in [0.15, 0.2) is 18.7 Å². The van der Waals surface area contributed by atoms with Gasteiger partial charge in [0.1, 0.15) is 11.3 Å². The van der Waals surface area contributed by atoms with Crippen molar-refractivity contribution in [3.05, 3.63) is 40.3 Å². The molecule has 2 N–H and O–H groups in total. The van der Waals surface area contributed by atoms with E-state index in [-0.39, 0.29) is 11.0 Å². The fourth-order valence-corrected chi connectivity index (χ4v) is 4.03. The van der Waals surface area contributed by atoms with E-state index in [0.717, 1.165) is 23.3 Å². The summed E-state index contributed by atoms with van der Waals surface area (Å²) in [6.07, 6.45) is 6.71. The summed E-state index contributed by atoms with van der Waals surface area (Å²) in [5, 5.41) is 12.7. The van der Waals surface area contributed by atoms with E-state index >= 15 is 0 Å². The molecule has 2 heterocycles. The van der Waals surface area contributed by atoms with Gasteiger partial charge in [0.25, 0.3) is 5.91 Å². The lowest BCUT2D eigenvalue weighted by molar-refractivity contribution is 0.0696. The lowest BCUT2D eigenvalue weighted by atomic mass is 9.76. The van der Waals surface area contributed by atoms with E-state index in [4.69, 9.17) is 0 Å². The molecule has 7 heteroatoms. The van der Waals surface area contributed by atoms with Gasteiger partial charge in [0.2, 0.25) is 0 Å². The first-order chi connectivity index (χ1) is 10.9. The van der Waals surface area contributed by atoms with Gasteiger partial charge in [-0.05, 0) is 30.2 Å². The van der Waals surface area contributed by atoms with Crippen LogP contribution in [-0.2, 0) is 12.8 Å². The number of thiophene rings is 1. The van der Waals surface area contributed by atoms with Crippen molar-refractivity contribution in [2.24, 2.45) is 5.41 Å². The molecule has 0 bridgehead atoms. The fraction of sp³-hybridized carbons (Fsp3) is 0.375. The average Bonchev–Trinajstić information content (AvgIpc) is 2.84. The highest BCUT2D eigenvalue weighted by molar-refractivity contribution is 7.17. The fourth-order valence-electron chi connectivity index (χ4n) is 2.83. The molecule has 2 aromatic heterocycles. The number of rotatable bonds is 3. The van der Waals surface area contributed by atoms with Crippen LogP contribution in [-0.4, -0.2) is 27.0 Å². The third-order valence-electron chi connectivity index (χ3n) is 4.04. The van der Waals surface area contributed by atoms with Crippen molar-refractivity contribution in [3.63, 3.8) is 0 Å². The topological polar surface area (TPSA) is 92.2 Å². The highest BCUT2D eigenvalue weighted by Gasteiger charge is 2.33. The SMILES string of the molecule is CC1(C)CCc2sc(NC(=O)c3cncnc3)c(C(=O)O)c2C1. The smallest absolute Gasteiger partial charge is 0.339 e. The van der Waals surface area contributed by atoms with Crippen LogP contribution in [0.5, 0.6) is 0 Å². The van der Waals surface area contributed by atoms with E-state index < -0.39 is 11.9 Å². The maximum Gasteiger partial charge on any atom is 0.339 e. The average molecular weight is 331 g/mol. The monoisotopic (exact) mass is 331 g/mol. The van der Waals surface area contributed by atoms with Crippen molar-refractivity contribution >= 4 is 28.2 Å². The Bertz CT molecular complexity index is 768. The molecule has 23 heavy (non-hydrogen) atoms. The Morgan fingerprint density at radius 2 is 2.00 bits per heavy atom. The van der Waals surface area contributed by atoms with Crippen LogP contribution >= 0.6 is 11.3 Å². The van der Waals surface area contributed by atoms with Crippen molar-refractivity contribution in [3.8, 4) is 0 Å². The molecule has 0 spiro atoms. The van der Waals surface area contributed by atoms with E-state index in [0.29, 0.717) is 17.0 Å². The van der Waals surface area contributed by atoms with E-state index in [1.54, 1.807) is 0 Å². The van der Waals surface area contributed by atoms with Crippen LogP contribution in [0.4, 0.5) is 5.00 Å². The Hall–Kier alpha value is -2.28. The maximum absolute atomic E-state index is 12.3. The van der Waals surface area contributed by atoms with Gasteiger partial charge in [-0.3, -0.25) is 4.79 Å². The molecule has 0 aromatic carbocycles. The van der Waals surface area contributed by atoms with Gasteiger partial charge in [0, 0.05) is 17.3 Å². The molecule has 0 fully saturated rings. The number of carbonyl (C=O) groups is 2. The minimum absolute atomic E-state index is 0.0762. The van der Waals surface area contributed by atoms with Gasteiger partial charge in [0.05, 0.1) is 11.1 Å². The van der Waals surface area contributed by atoms with Gasteiger partial charge in [-0.15, -0.1) is 11.3 Å². The Kier molecular flexibility index (Phi) is 3.89. The van der Waals surface area contributed by atoms with Crippen molar-refractivity contribution < 1.29 is 14.7 Å². The lowest BCUT2D eigenvalue weighted by Crippen LogP contribution is -2.22. The molecule has 0 saturated carbocycles. The first kappa shape index (κ1) is 15.6. The van der Waals surface area contributed by atoms with Gasteiger partial charge in [-0.25, -0.2) is 14.8 Å². The van der Waals surface area contributed by atoms with Gasteiger partial charge in [-0.2, -0.15) is 0 Å². The number of aryl methyl sites for hydroxylation is 1. The second-order valence-corrected chi connectivity index (χ2v) is 7.54. The summed E-state index contributed by atoms with van der Waals surface area (Å²) in [4.78, 5) is 32.6. The van der Waals surface area contributed by atoms with Crippen molar-refractivity contribution in [2.75, 3.05) is 5.32 Å². The Morgan fingerprint density at radius 3 is 2.65 bits per heavy atom. The number of nitrogens with zero attached hydrogens (tertiary/aromatic N) is 2. The minimum atomic E-state index is -1.00. The van der Waals surface area contributed by atoms with E-state index in [9.17, 15) is 14.7 Å². The predicted molar refractivity (Wildman–Crippen MR) is 87.1 cm³/mol. The molecular weight excluding hydrogens is 314 g/mol. The third kappa shape index (κ3) is 3.10. The van der Waals surface area contributed by atoms with Gasteiger partial charge < -0.3 is 10.4 Å². The van der Waals surface area contributed by atoms with Crippen LogP contribution in [0.3, 0.4) is 0 Å². The number of carboxylic acids is 1. The van der Waals surface area contributed by atoms with Crippen LogP contribution in [0.1, 0.15) is 51.4 Å². The Labute approximate surface area is 137 Å². The zero-order valence-corrected chi connectivity index (χ0v) is 13.7. The second kappa shape index (κ2) is 5.73. The number of aromatic nitrogens is 2. The number of carbonyl (C=O) groups excluding carboxylic acids is 1. The summed E-state index contributed by atoms with van der Waals surface area (Å²) in [5.74, 6) is -1.40. The van der Waals surface area contributed by atoms with E-state index in [1.165, 1.54) is 30.1 Å². The highest BCUT2D eigenvalue weighted by atomic mass is 32.1. The molecule has 120 valence electrons. The van der Waals surface area contributed by atoms with Crippen LogP contribution in [0.25, 0.3) is 0 Å². The summed E-state index contributed by atoms with van der Waals surface area (Å²) >= 11 is 1.36. The van der Waals surface area contributed by atoms with Crippen molar-refractivity contribution in [1.82, 2.24) is 9.97 Å². The molecule has 1 aliphatic carbocycles. The summed E-state index contributed by atoms with van der Waals surface area (Å²) in [5.41, 5.74) is 1.46. The summed E-state index contributed by atoms with van der Waals surface area (Å²) < 4.78 is 0. The molecule has 0 radical (unpaired) electrons. The zero-order valence-electron chi connectivity index (χ0n) is 12.9. The second-order valence-electron chi connectivity index (χ2n) is 6.44. The molecule has 0 unspecified atom stereocenters. The largest absolute Gasteiger partial charge is 0.478 e. The van der Waals surface area contributed by atoms with Crippen LogP contribution in [0.2, 0.25) is 0 Å². The molecule has 0 atom stereocenters.